The SMILES string of the molecule is Cc1ccc(C2(COC(=O)C=Cc3ccccc3)CO2)c(OC(=O)C(C)C)c1. The average molecular weight is 380 g/mol. The van der Waals surface area contributed by atoms with E-state index in [4.69, 9.17) is 14.2 Å². The van der Waals surface area contributed by atoms with Gasteiger partial charge in [0.25, 0.3) is 0 Å². The number of carbonyl (C=O) groups excluding carboxylic acids is 2. The van der Waals surface area contributed by atoms with E-state index in [1.165, 1.54) is 6.08 Å². The van der Waals surface area contributed by atoms with Crippen LogP contribution in [0.1, 0.15) is 30.5 Å². The molecule has 0 spiro atoms. The third kappa shape index (κ3) is 4.87. The van der Waals surface area contributed by atoms with E-state index < -0.39 is 11.6 Å². The Hall–Kier alpha value is -2.92. The molecule has 0 amide bonds. The molecule has 0 saturated carbocycles. The lowest BCUT2D eigenvalue weighted by Gasteiger charge is -2.17. The lowest BCUT2D eigenvalue weighted by atomic mass is 9.98. The lowest BCUT2D eigenvalue weighted by molar-refractivity contribution is -0.140. The number of benzene rings is 2. The molecule has 1 unspecified atom stereocenters. The van der Waals surface area contributed by atoms with E-state index in [-0.39, 0.29) is 18.5 Å². The second-order valence-electron chi connectivity index (χ2n) is 7.21. The number of aryl methyl sites for hydroxylation is 1. The fourth-order valence-corrected chi connectivity index (χ4v) is 2.68. The number of hydrogen-bond donors (Lipinski definition) is 0. The molecule has 5 nitrogen and oxygen atoms in total. The van der Waals surface area contributed by atoms with Gasteiger partial charge in [-0.25, -0.2) is 4.79 Å². The van der Waals surface area contributed by atoms with E-state index in [0.29, 0.717) is 17.9 Å². The predicted molar refractivity (Wildman–Crippen MR) is 106 cm³/mol. The molecule has 1 heterocycles. The Morgan fingerprint density at radius 2 is 1.89 bits per heavy atom. The molecule has 0 aliphatic carbocycles. The minimum Gasteiger partial charge on any atom is -0.459 e. The van der Waals surface area contributed by atoms with Crippen LogP contribution < -0.4 is 4.74 Å². The maximum atomic E-state index is 12.1. The monoisotopic (exact) mass is 380 g/mol. The van der Waals surface area contributed by atoms with Gasteiger partial charge in [0.15, 0.2) is 5.60 Å². The van der Waals surface area contributed by atoms with Crippen LogP contribution in [0.3, 0.4) is 0 Å². The highest BCUT2D eigenvalue weighted by molar-refractivity contribution is 5.87. The summed E-state index contributed by atoms with van der Waals surface area (Å²) in [6.45, 7) is 5.94. The van der Waals surface area contributed by atoms with Crippen LogP contribution in [0, 0.1) is 12.8 Å². The van der Waals surface area contributed by atoms with Crippen molar-refractivity contribution in [1.29, 1.82) is 0 Å². The molecular formula is C23H24O5. The van der Waals surface area contributed by atoms with Crippen molar-refractivity contribution in [2.45, 2.75) is 26.4 Å². The second-order valence-corrected chi connectivity index (χ2v) is 7.21. The summed E-state index contributed by atoms with van der Waals surface area (Å²) in [6, 6.07) is 15.1. The molecule has 146 valence electrons. The zero-order chi connectivity index (χ0) is 20.1. The third-order valence-electron chi connectivity index (χ3n) is 4.46. The third-order valence-corrected chi connectivity index (χ3v) is 4.46. The summed E-state index contributed by atoms with van der Waals surface area (Å²) in [5, 5.41) is 0. The van der Waals surface area contributed by atoms with Crippen molar-refractivity contribution < 1.29 is 23.8 Å². The summed E-state index contributed by atoms with van der Waals surface area (Å²) in [5.74, 6) is -0.561. The smallest absolute Gasteiger partial charge is 0.330 e. The molecule has 0 N–H and O–H groups in total. The van der Waals surface area contributed by atoms with Gasteiger partial charge in [-0.15, -0.1) is 0 Å². The van der Waals surface area contributed by atoms with Crippen molar-refractivity contribution in [3.63, 3.8) is 0 Å². The fourth-order valence-electron chi connectivity index (χ4n) is 2.68. The van der Waals surface area contributed by atoms with Crippen molar-refractivity contribution in [3.05, 3.63) is 71.3 Å². The first kappa shape index (κ1) is 19.8. The summed E-state index contributed by atoms with van der Waals surface area (Å²) < 4.78 is 16.6. The van der Waals surface area contributed by atoms with Crippen molar-refractivity contribution in [2.24, 2.45) is 5.92 Å². The van der Waals surface area contributed by atoms with Gasteiger partial charge >= 0.3 is 11.9 Å². The number of carbonyl (C=O) groups is 2. The minimum absolute atomic E-state index is 0.0558. The number of epoxide rings is 1. The Morgan fingerprint density at radius 1 is 1.18 bits per heavy atom. The second kappa shape index (κ2) is 8.40. The zero-order valence-corrected chi connectivity index (χ0v) is 16.3. The van der Waals surface area contributed by atoms with Gasteiger partial charge in [0, 0.05) is 11.6 Å². The first-order valence-corrected chi connectivity index (χ1v) is 9.26. The van der Waals surface area contributed by atoms with E-state index >= 15 is 0 Å². The number of esters is 2. The van der Waals surface area contributed by atoms with E-state index in [0.717, 1.165) is 11.1 Å². The van der Waals surface area contributed by atoms with Crippen LogP contribution in [-0.2, 0) is 24.7 Å². The molecule has 2 aromatic rings. The Kier molecular flexibility index (Phi) is 5.95. The van der Waals surface area contributed by atoms with Crippen LogP contribution in [0.2, 0.25) is 0 Å². The van der Waals surface area contributed by atoms with Crippen molar-refractivity contribution in [2.75, 3.05) is 13.2 Å². The highest BCUT2D eigenvalue weighted by Gasteiger charge is 2.50. The molecule has 0 aromatic heterocycles. The maximum absolute atomic E-state index is 12.1. The van der Waals surface area contributed by atoms with Crippen molar-refractivity contribution in [3.8, 4) is 5.75 Å². The molecule has 1 fully saturated rings. The molecule has 3 rings (SSSR count). The normalized spacial score (nSPS) is 18.3. The molecule has 28 heavy (non-hydrogen) atoms. The van der Waals surface area contributed by atoms with E-state index in [1.54, 1.807) is 26.0 Å². The molecule has 1 atom stereocenters. The maximum Gasteiger partial charge on any atom is 0.330 e. The van der Waals surface area contributed by atoms with Crippen LogP contribution in [-0.4, -0.2) is 25.2 Å². The Labute approximate surface area is 164 Å². The van der Waals surface area contributed by atoms with Crippen molar-refractivity contribution >= 4 is 18.0 Å². The van der Waals surface area contributed by atoms with Gasteiger partial charge in [-0.1, -0.05) is 56.3 Å². The Morgan fingerprint density at radius 3 is 2.54 bits per heavy atom. The van der Waals surface area contributed by atoms with Crippen LogP contribution in [0.25, 0.3) is 6.08 Å². The minimum atomic E-state index is -0.767. The first-order chi connectivity index (χ1) is 13.4. The van der Waals surface area contributed by atoms with Crippen LogP contribution in [0.5, 0.6) is 5.75 Å². The average Bonchev–Trinajstić information content (AvgIpc) is 3.46. The molecule has 1 aliphatic rings. The van der Waals surface area contributed by atoms with E-state index in [9.17, 15) is 9.59 Å². The molecule has 2 aromatic carbocycles. The topological polar surface area (TPSA) is 65.1 Å². The van der Waals surface area contributed by atoms with Gasteiger partial charge < -0.3 is 14.2 Å². The number of ether oxygens (including phenoxy) is 3. The Bertz CT molecular complexity index is 879. The van der Waals surface area contributed by atoms with Gasteiger partial charge in [-0.3, -0.25) is 4.79 Å². The number of hydrogen-bond acceptors (Lipinski definition) is 5. The van der Waals surface area contributed by atoms with Crippen LogP contribution in [0.15, 0.2) is 54.6 Å². The summed E-state index contributed by atoms with van der Waals surface area (Å²) >= 11 is 0. The summed E-state index contributed by atoms with van der Waals surface area (Å²) in [4.78, 5) is 24.1. The molecule has 1 aliphatic heterocycles. The summed E-state index contributed by atoms with van der Waals surface area (Å²) in [5.41, 5.74) is 1.83. The predicted octanol–water partition coefficient (Wildman–Crippen LogP) is 4.04. The van der Waals surface area contributed by atoms with Gasteiger partial charge in [-0.05, 0) is 30.2 Å². The van der Waals surface area contributed by atoms with Gasteiger partial charge in [0.05, 0.1) is 12.5 Å². The van der Waals surface area contributed by atoms with Gasteiger partial charge in [-0.2, -0.15) is 0 Å². The van der Waals surface area contributed by atoms with Crippen LogP contribution >= 0.6 is 0 Å². The Balaban J connectivity index is 1.69. The standard InChI is InChI=1S/C23H24O5/c1-16(2)22(25)28-20-13-17(3)9-11-19(20)23(15-27-23)14-26-21(24)12-10-18-7-5-4-6-8-18/h4-13,16H,14-15H2,1-3H3. The zero-order valence-electron chi connectivity index (χ0n) is 16.3. The first-order valence-electron chi connectivity index (χ1n) is 9.26. The fraction of sp³-hybridized carbons (Fsp3) is 0.304. The largest absolute Gasteiger partial charge is 0.459 e. The van der Waals surface area contributed by atoms with Gasteiger partial charge in [0.2, 0.25) is 0 Å². The molecular weight excluding hydrogens is 356 g/mol. The van der Waals surface area contributed by atoms with Crippen molar-refractivity contribution in [1.82, 2.24) is 0 Å². The quantitative estimate of drug-likeness (QED) is 0.314. The molecule has 0 bridgehead atoms. The van der Waals surface area contributed by atoms with E-state index in [1.807, 2.05) is 49.4 Å². The lowest BCUT2D eigenvalue weighted by Crippen LogP contribution is -2.22. The molecule has 1 saturated heterocycles. The summed E-state index contributed by atoms with van der Waals surface area (Å²) in [6.07, 6.45) is 3.09. The van der Waals surface area contributed by atoms with Gasteiger partial charge in [0.1, 0.15) is 12.4 Å². The summed E-state index contributed by atoms with van der Waals surface area (Å²) in [7, 11) is 0. The van der Waals surface area contributed by atoms with Crippen LogP contribution in [0.4, 0.5) is 0 Å². The molecule has 0 radical (unpaired) electrons. The number of rotatable bonds is 7. The highest BCUT2D eigenvalue weighted by Crippen LogP contribution is 2.44. The highest BCUT2D eigenvalue weighted by atomic mass is 16.6. The molecule has 5 heteroatoms. The van der Waals surface area contributed by atoms with E-state index in [2.05, 4.69) is 0 Å².